The zero-order chi connectivity index (χ0) is 17.1. The number of benzene rings is 1. The highest BCUT2D eigenvalue weighted by Gasteiger charge is 2.22. The van der Waals surface area contributed by atoms with Crippen LogP contribution in [0.5, 0.6) is 0 Å². The van der Waals surface area contributed by atoms with Crippen LogP contribution in [0.1, 0.15) is 23.6 Å². The van der Waals surface area contributed by atoms with Crippen molar-refractivity contribution in [1.29, 1.82) is 0 Å². The molecule has 0 bridgehead atoms. The highest BCUT2D eigenvalue weighted by atomic mass is 32.1. The van der Waals surface area contributed by atoms with E-state index in [4.69, 9.17) is 12.2 Å². The summed E-state index contributed by atoms with van der Waals surface area (Å²) >= 11 is 5.36. The van der Waals surface area contributed by atoms with E-state index in [1.807, 2.05) is 43.3 Å². The van der Waals surface area contributed by atoms with Gasteiger partial charge in [0, 0.05) is 18.0 Å². The fourth-order valence-electron chi connectivity index (χ4n) is 2.61. The van der Waals surface area contributed by atoms with Gasteiger partial charge in [0.25, 0.3) is 0 Å². The fourth-order valence-corrected chi connectivity index (χ4v) is 2.87. The van der Waals surface area contributed by atoms with Crippen molar-refractivity contribution >= 4 is 18.2 Å². The zero-order valence-corrected chi connectivity index (χ0v) is 13.8. The first-order valence-corrected chi connectivity index (χ1v) is 7.82. The van der Waals surface area contributed by atoms with Crippen LogP contribution in [0.4, 0.5) is 0 Å². The Kier molecular flexibility index (Phi) is 4.52. The summed E-state index contributed by atoms with van der Waals surface area (Å²) in [6.07, 6.45) is 3.24. The normalized spacial score (nSPS) is 12.0. The van der Waals surface area contributed by atoms with Crippen LogP contribution in [0, 0.1) is 11.7 Å². The third-order valence-electron chi connectivity index (χ3n) is 3.78. The minimum Gasteiger partial charge on any atom is -0.481 e. The molecule has 2 N–H and O–H groups in total. The summed E-state index contributed by atoms with van der Waals surface area (Å²) in [4.78, 5) is 15.4. The van der Waals surface area contributed by atoms with Gasteiger partial charge in [0.15, 0.2) is 10.6 Å². The molecule has 0 aliphatic rings. The van der Waals surface area contributed by atoms with Crippen LogP contribution in [-0.2, 0) is 4.79 Å². The van der Waals surface area contributed by atoms with Crippen molar-refractivity contribution in [3.05, 3.63) is 64.7 Å². The van der Waals surface area contributed by atoms with Gasteiger partial charge in [-0.15, -0.1) is 0 Å². The lowest BCUT2D eigenvalue weighted by atomic mass is 10.0. The molecule has 1 aromatic carbocycles. The maximum Gasteiger partial charge on any atom is 0.305 e. The Balaban J connectivity index is 2.15. The maximum absolute atomic E-state index is 11.4. The van der Waals surface area contributed by atoms with Crippen LogP contribution in [-0.4, -0.2) is 30.8 Å². The number of nitrogens with zero attached hydrogens (tertiary/aromatic N) is 3. The van der Waals surface area contributed by atoms with Crippen molar-refractivity contribution < 1.29 is 9.90 Å². The lowest BCUT2D eigenvalue weighted by molar-refractivity contribution is -0.137. The number of H-pyrrole nitrogens is 1. The molecule has 7 heteroatoms. The first-order valence-electron chi connectivity index (χ1n) is 7.42. The highest BCUT2D eigenvalue weighted by molar-refractivity contribution is 7.71. The molecule has 0 aliphatic heterocycles. The minimum atomic E-state index is -0.899. The topological polar surface area (TPSA) is 83.8 Å². The molecule has 2 aromatic heterocycles. The van der Waals surface area contributed by atoms with E-state index in [2.05, 4.69) is 15.2 Å². The number of aliphatic carboxylic acids is 1. The van der Waals surface area contributed by atoms with Crippen molar-refractivity contribution in [3.8, 4) is 11.4 Å². The molecular formula is C17H16N4O2S. The molecule has 2 heterocycles. The third kappa shape index (κ3) is 3.26. The fraction of sp³-hybridized carbons (Fsp3) is 0.176. The van der Waals surface area contributed by atoms with Gasteiger partial charge >= 0.3 is 5.97 Å². The van der Waals surface area contributed by atoms with Crippen molar-refractivity contribution in [3.63, 3.8) is 0 Å². The molecule has 3 rings (SSSR count). The number of carboxylic acid groups (broad SMARTS) is 1. The molecule has 122 valence electrons. The molecule has 0 unspecified atom stereocenters. The maximum atomic E-state index is 11.4. The van der Waals surface area contributed by atoms with Crippen LogP contribution in [0.3, 0.4) is 0 Å². The second kappa shape index (κ2) is 6.76. The minimum absolute atomic E-state index is 0.0883. The SMILES string of the molecule is Cc1ccc([C@H](CC(=O)O)n2c(-c3ccncc3)n[nH]c2=S)cc1. The number of pyridine rings is 1. The molecule has 0 spiro atoms. The smallest absolute Gasteiger partial charge is 0.305 e. The van der Waals surface area contributed by atoms with Crippen LogP contribution in [0.15, 0.2) is 48.8 Å². The van der Waals surface area contributed by atoms with Crippen LogP contribution in [0.2, 0.25) is 0 Å². The molecule has 0 aliphatic carbocycles. The first-order chi connectivity index (χ1) is 11.6. The molecule has 1 atom stereocenters. The molecule has 24 heavy (non-hydrogen) atoms. The molecule has 6 nitrogen and oxygen atoms in total. The second-order valence-corrected chi connectivity index (χ2v) is 5.87. The van der Waals surface area contributed by atoms with Gasteiger partial charge in [0.05, 0.1) is 12.5 Å². The van der Waals surface area contributed by atoms with Crippen molar-refractivity contribution in [2.45, 2.75) is 19.4 Å². The van der Waals surface area contributed by atoms with E-state index < -0.39 is 12.0 Å². The van der Waals surface area contributed by atoms with E-state index in [1.54, 1.807) is 17.0 Å². The molecule has 0 saturated carbocycles. The number of carbonyl (C=O) groups is 1. The van der Waals surface area contributed by atoms with Gasteiger partial charge in [-0.2, -0.15) is 5.10 Å². The standard InChI is InChI=1S/C17H16N4O2S/c1-11-2-4-12(5-3-11)14(10-15(22)23)21-16(19-20-17(21)24)13-6-8-18-9-7-13/h2-9,14H,10H2,1H3,(H,20,24)(H,22,23)/t14-/m0/s1. The molecule has 0 amide bonds. The predicted molar refractivity (Wildman–Crippen MR) is 92.2 cm³/mol. The third-order valence-corrected chi connectivity index (χ3v) is 4.07. The van der Waals surface area contributed by atoms with E-state index >= 15 is 0 Å². The van der Waals surface area contributed by atoms with Gasteiger partial charge in [-0.3, -0.25) is 19.4 Å². The lowest BCUT2D eigenvalue weighted by Crippen LogP contribution is -2.16. The highest BCUT2D eigenvalue weighted by Crippen LogP contribution is 2.28. The number of carboxylic acids is 1. The Bertz CT molecular complexity index is 900. The molecule has 3 aromatic rings. The summed E-state index contributed by atoms with van der Waals surface area (Å²) in [6.45, 7) is 1.99. The second-order valence-electron chi connectivity index (χ2n) is 5.48. The average Bonchev–Trinajstić information content (AvgIpc) is 2.96. The zero-order valence-electron chi connectivity index (χ0n) is 13.0. The summed E-state index contributed by atoms with van der Waals surface area (Å²) in [6, 6.07) is 10.9. The van der Waals surface area contributed by atoms with Crippen molar-refractivity contribution in [2.75, 3.05) is 0 Å². The van der Waals surface area contributed by atoms with Crippen LogP contribution < -0.4 is 0 Å². The summed E-state index contributed by atoms with van der Waals surface area (Å²) in [5, 5.41) is 16.4. The summed E-state index contributed by atoms with van der Waals surface area (Å²) < 4.78 is 2.14. The Morgan fingerprint density at radius 1 is 1.25 bits per heavy atom. The van der Waals surface area contributed by atoms with Crippen LogP contribution in [0.25, 0.3) is 11.4 Å². The number of rotatable bonds is 5. The monoisotopic (exact) mass is 340 g/mol. The number of aryl methyl sites for hydroxylation is 1. The molecule has 0 fully saturated rings. The van der Waals surface area contributed by atoms with E-state index in [9.17, 15) is 9.90 Å². The van der Waals surface area contributed by atoms with Gasteiger partial charge in [0.2, 0.25) is 0 Å². The number of aromatic nitrogens is 4. The molecule has 0 radical (unpaired) electrons. The predicted octanol–water partition coefficient (Wildman–Crippen LogP) is 3.38. The van der Waals surface area contributed by atoms with E-state index in [0.717, 1.165) is 16.7 Å². The van der Waals surface area contributed by atoms with E-state index in [1.165, 1.54) is 0 Å². The Morgan fingerprint density at radius 3 is 2.54 bits per heavy atom. The molecule has 0 saturated heterocycles. The summed E-state index contributed by atoms with van der Waals surface area (Å²) in [5.41, 5.74) is 2.80. The van der Waals surface area contributed by atoms with Crippen molar-refractivity contribution in [1.82, 2.24) is 19.7 Å². The quantitative estimate of drug-likeness (QED) is 0.696. The van der Waals surface area contributed by atoms with Gasteiger partial charge in [-0.25, -0.2) is 0 Å². The molecular weight excluding hydrogens is 324 g/mol. The Morgan fingerprint density at radius 2 is 1.92 bits per heavy atom. The Labute approximate surface area is 143 Å². The van der Waals surface area contributed by atoms with Gasteiger partial charge < -0.3 is 5.11 Å². The van der Waals surface area contributed by atoms with Crippen molar-refractivity contribution in [2.24, 2.45) is 0 Å². The number of nitrogens with one attached hydrogen (secondary N) is 1. The largest absolute Gasteiger partial charge is 0.481 e. The van der Waals surface area contributed by atoms with Gasteiger partial charge in [0.1, 0.15) is 0 Å². The lowest BCUT2D eigenvalue weighted by Gasteiger charge is -2.19. The Hall–Kier alpha value is -2.80. The first kappa shape index (κ1) is 16.1. The van der Waals surface area contributed by atoms with Gasteiger partial charge in [-0.1, -0.05) is 29.8 Å². The van der Waals surface area contributed by atoms with Gasteiger partial charge in [-0.05, 0) is 36.8 Å². The summed E-state index contributed by atoms with van der Waals surface area (Å²) in [5.74, 6) is -0.307. The van der Waals surface area contributed by atoms with E-state index in [-0.39, 0.29) is 6.42 Å². The van der Waals surface area contributed by atoms with Crippen LogP contribution >= 0.6 is 12.2 Å². The number of hydrogen-bond donors (Lipinski definition) is 2. The van der Waals surface area contributed by atoms with E-state index in [0.29, 0.717) is 10.6 Å². The summed E-state index contributed by atoms with van der Waals surface area (Å²) in [7, 11) is 0. The number of aromatic amines is 1. The number of hydrogen-bond acceptors (Lipinski definition) is 4. The average molecular weight is 340 g/mol.